The van der Waals surface area contributed by atoms with E-state index in [0.29, 0.717) is 17.4 Å². The maximum Gasteiger partial charge on any atom is 0.257 e. The van der Waals surface area contributed by atoms with E-state index >= 15 is 0 Å². The number of benzene rings is 1. The van der Waals surface area contributed by atoms with Crippen LogP contribution >= 0.6 is 0 Å². The molecule has 1 saturated carbocycles. The van der Waals surface area contributed by atoms with Gasteiger partial charge >= 0.3 is 0 Å². The Morgan fingerprint density at radius 3 is 2.80 bits per heavy atom. The Labute approximate surface area is 176 Å². The van der Waals surface area contributed by atoms with E-state index < -0.39 is 0 Å². The minimum atomic E-state index is 0.0355. The van der Waals surface area contributed by atoms with E-state index in [4.69, 9.17) is 4.74 Å². The van der Waals surface area contributed by atoms with Crippen LogP contribution in [0, 0.1) is 12.8 Å². The van der Waals surface area contributed by atoms with Gasteiger partial charge in [0.05, 0.1) is 30.3 Å². The predicted octanol–water partition coefficient (Wildman–Crippen LogP) is 3.91. The number of aromatic nitrogens is 4. The van der Waals surface area contributed by atoms with Crippen molar-refractivity contribution in [2.45, 2.75) is 33.1 Å². The van der Waals surface area contributed by atoms with E-state index in [0.717, 1.165) is 42.2 Å². The Bertz CT molecular complexity index is 1040. The van der Waals surface area contributed by atoms with Crippen LogP contribution in [0.5, 0.6) is 5.75 Å². The van der Waals surface area contributed by atoms with Gasteiger partial charge in [-0.15, -0.1) is 0 Å². The normalized spacial score (nSPS) is 13.3. The lowest BCUT2D eigenvalue weighted by Gasteiger charge is -2.21. The highest BCUT2D eigenvalue weighted by Crippen LogP contribution is 2.31. The van der Waals surface area contributed by atoms with Crippen LogP contribution in [0.25, 0.3) is 17.2 Å². The summed E-state index contributed by atoms with van der Waals surface area (Å²) in [7, 11) is 1.64. The van der Waals surface area contributed by atoms with Gasteiger partial charge in [0.1, 0.15) is 5.75 Å². The molecule has 156 valence electrons. The molecule has 0 radical (unpaired) electrons. The smallest absolute Gasteiger partial charge is 0.257 e. The lowest BCUT2D eigenvalue weighted by molar-refractivity contribution is 0.0747. The van der Waals surface area contributed by atoms with Crippen molar-refractivity contribution in [1.82, 2.24) is 24.6 Å². The number of para-hydroxylation sites is 1. The maximum atomic E-state index is 13.2. The number of hydrogen-bond donors (Lipinski definition) is 0. The van der Waals surface area contributed by atoms with E-state index in [2.05, 4.69) is 22.0 Å². The molecule has 2 heterocycles. The van der Waals surface area contributed by atoms with E-state index in [9.17, 15) is 4.79 Å². The van der Waals surface area contributed by atoms with Gasteiger partial charge in [-0.1, -0.05) is 19.1 Å². The van der Waals surface area contributed by atoms with E-state index in [1.807, 2.05) is 42.2 Å². The largest absolute Gasteiger partial charge is 0.496 e. The molecule has 0 bridgehead atoms. The van der Waals surface area contributed by atoms with Crippen LogP contribution in [0.3, 0.4) is 0 Å². The number of hydrogen-bond acceptors (Lipinski definition) is 5. The Hall–Kier alpha value is -3.22. The summed E-state index contributed by atoms with van der Waals surface area (Å²) in [5, 5.41) is 4.43. The van der Waals surface area contributed by atoms with Crippen molar-refractivity contribution in [2.75, 3.05) is 20.2 Å². The van der Waals surface area contributed by atoms with E-state index in [1.54, 1.807) is 24.2 Å². The van der Waals surface area contributed by atoms with Gasteiger partial charge in [0, 0.05) is 24.8 Å². The minimum Gasteiger partial charge on any atom is -0.496 e. The first-order valence-corrected chi connectivity index (χ1v) is 10.4. The molecule has 0 saturated heterocycles. The van der Waals surface area contributed by atoms with Crippen molar-refractivity contribution >= 4 is 5.91 Å². The van der Waals surface area contributed by atoms with Crippen molar-refractivity contribution in [3.8, 4) is 23.0 Å². The van der Waals surface area contributed by atoms with Crippen LogP contribution in [0.1, 0.15) is 42.2 Å². The zero-order valence-corrected chi connectivity index (χ0v) is 17.7. The highest BCUT2D eigenvalue weighted by molar-refractivity contribution is 5.95. The molecule has 7 nitrogen and oxygen atoms in total. The fraction of sp³-hybridized carbons (Fsp3) is 0.391. The number of carbonyl (C=O) groups is 1. The fourth-order valence-electron chi connectivity index (χ4n) is 3.61. The average Bonchev–Trinajstić information content (AvgIpc) is 3.52. The molecule has 0 spiro atoms. The SMILES string of the molecule is CCCN(CC1CC1)C(=O)c1cnn(-c2nccc(-c3ccccc3OC)n2)c1C. The standard InChI is InChI=1S/C23H27N5O2/c1-4-13-27(15-17-9-10-17)22(29)19-14-25-28(16(19)2)23-24-12-11-20(26-23)18-7-5-6-8-21(18)30-3/h5-8,11-12,14,17H,4,9-10,13,15H2,1-3H3. The topological polar surface area (TPSA) is 73.1 Å². The molecule has 2 aromatic heterocycles. The van der Waals surface area contributed by atoms with Gasteiger partial charge in [-0.3, -0.25) is 4.79 Å². The zero-order valence-electron chi connectivity index (χ0n) is 17.7. The number of rotatable bonds is 8. The van der Waals surface area contributed by atoms with Gasteiger partial charge in [0.15, 0.2) is 0 Å². The average molecular weight is 406 g/mol. The van der Waals surface area contributed by atoms with Crippen molar-refractivity contribution in [3.63, 3.8) is 0 Å². The first-order chi connectivity index (χ1) is 14.6. The second-order valence-corrected chi connectivity index (χ2v) is 7.69. The number of nitrogens with zero attached hydrogens (tertiary/aromatic N) is 5. The quantitative estimate of drug-likeness (QED) is 0.568. The van der Waals surface area contributed by atoms with Crippen LogP contribution in [-0.2, 0) is 0 Å². The lowest BCUT2D eigenvalue weighted by Crippen LogP contribution is -2.33. The molecular formula is C23H27N5O2. The number of methoxy groups -OCH3 is 1. The molecule has 1 aromatic carbocycles. The Kier molecular flexibility index (Phi) is 5.79. The highest BCUT2D eigenvalue weighted by atomic mass is 16.5. The summed E-state index contributed by atoms with van der Waals surface area (Å²) in [5.41, 5.74) is 2.97. The van der Waals surface area contributed by atoms with Gasteiger partial charge in [-0.05, 0) is 50.3 Å². The Balaban J connectivity index is 1.64. The number of ether oxygens (including phenoxy) is 1. The molecule has 7 heteroatoms. The third kappa shape index (κ3) is 4.06. The van der Waals surface area contributed by atoms with E-state index in [-0.39, 0.29) is 5.91 Å². The lowest BCUT2D eigenvalue weighted by atomic mass is 10.1. The van der Waals surface area contributed by atoms with E-state index in [1.165, 1.54) is 12.8 Å². The fourth-order valence-corrected chi connectivity index (χ4v) is 3.61. The van der Waals surface area contributed by atoms with Crippen LogP contribution < -0.4 is 4.74 Å². The second-order valence-electron chi connectivity index (χ2n) is 7.69. The first-order valence-electron chi connectivity index (χ1n) is 10.4. The van der Waals surface area contributed by atoms with Crippen LogP contribution in [-0.4, -0.2) is 50.8 Å². The van der Waals surface area contributed by atoms with Gasteiger partial charge in [-0.25, -0.2) is 14.6 Å². The summed E-state index contributed by atoms with van der Waals surface area (Å²) in [5.74, 6) is 1.86. The zero-order chi connectivity index (χ0) is 21.1. The molecule has 0 atom stereocenters. The van der Waals surface area contributed by atoms with Crippen LogP contribution in [0.2, 0.25) is 0 Å². The van der Waals surface area contributed by atoms with Gasteiger partial charge in [-0.2, -0.15) is 5.10 Å². The van der Waals surface area contributed by atoms with Crippen LogP contribution in [0.4, 0.5) is 0 Å². The van der Waals surface area contributed by atoms with Crippen molar-refractivity contribution < 1.29 is 9.53 Å². The van der Waals surface area contributed by atoms with Gasteiger partial charge in [0.2, 0.25) is 0 Å². The first kappa shape index (κ1) is 20.1. The molecule has 0 aliphatic heterocycles. The number of amides is 1. The van der Waals surface area contributed by atoms with Gasteiger partial charge in [0.25, 0.3) is 11.9 Å². The Morgan fingerprint density at radius 2 is 2.07 bits per heavy atom. The predicted molar refractivity (Wildman–Crippen MR) is 115 cm³/mol. The van der Waals surface area contributed by atoms with Crippen molar-refractivity contribution in [1.29, 1.82) is 0 Å². The molecule has 0 N–H and O–H groups in total. The van der Waals surface area contributed by atoms with Gasteiger partial charge < -0.3 is 9.64 Å². The summed E-state index contributed by atoms with van der Waals surface area (Å²) in [6.07, 6.45) is 6.70. The monoisotopic (exact) mass is 405 g/mol. The molecule has 1 aliphatic carbocycles. The minimum absolute atomic E-state index is 0.0355. The third-order valence-corrected chi connectivity index (χ3v) is 5.41. The molecule has 0 unspecified atom stereocenters. The van der Waals surface area contributed by atoms with Crippen molar-refractivity contribution in [3.05, 3.63) is 54.0 Å². The molecule has 1 fully saturated rings. The van der Waals surface area contributed by atoms with Crippen LogP contribution in [0.15, 0.2) is 42.7 Å². The summed E-state index contributed by atoms with van der Waals surface area (Å²) in [6, 6.07) is 9.55. The molecule has 4 rings (SSSR count). The Morgan fingerprint density at radius 1 is 1.27 bits per heavy atom. The second kappa shape index (κ2) is 8.65. The summed E-state index contributed by atoms with van der Waals surface area (Å²) in [6.45, 7) is 5.58. The third-order valence-electron chi connectivity index (χ3n) is 5.41. The molecular weight excluding hydrogens is 378 g/mol. The molecule has 3 aromatic rings. The molecule has 1 amide bonds. The van der Waals surface area contributed by atoms with Crippen molar-refractivity contribution in [2.24, 2.45) is 5.92 Å². The summed E-state index contributed by atoms with van der Waals surface area (Å²) < 4.78 is 7.09. The summed E-state index contributed by atoms with van der Waals surface area (Å²) >= 11 is 0. The maximum absolute atomic E-state index is 13.2. The number of carbonyl (C=O) groups excluding carboxylic acids is 1. The highest BCUT2D eigenvalue weighted by Gasteiger charge is 2.28. The molecule has 30 heavy (non-hydrogen) atoms. The molecule has 1 aliphatic rings. The summed E-state index contributed by atoms with van der Waals surface area (Å²) in [4.78, 5) is 24.2.